The molecule has 1 saturated carbocycles. The number of nitrogens with two attached hydrogens (primary N) is 1. The van der Waals surface area contributed by atoms with Crippen LogP contribution in [0.4, 0.5) is 0 Å². The number of benzene rings is 1. The SMILES string of the molecule is NCC1(C(=O)NCC2(Cc3ccccc3)CCC2)CCOCC1. The quantitative estimate of drug-likeness (QED) is 0.846. The molecule has 3 N–H and O–H groups in total. The van der Waals surface area contributed by atoms with Gasteiger partial charge in [0.2, 0.25) is 5.91 Å². The Morgan fingerprint density at radius 3 is 2.39 bits per heavy atom. The number of carbonyl (C=O) groups is 1. The third kappa shape index (κ3) is 3.59. The molecule has 1 heterocycles. The van der Waals surface area contributed by atoms with Gasteiger partial charge in [0.05, 0.1) is 5.41 Å². The summed E-state index contributed by atoms with van der Waals surface area (Å²) in [7, 11) is 0. The average molecular weight is 316 g/mol. The number of hydrogen-bond acceptors (Lipinski definition) is 3. The zero-order chi connectivity index (χ0) is 16.2. The Labute approximate surface area is 138 Å². The van der Waals surface area contributed by atoms with Crippen LogP contribution >= 0.6 is 0 Å². The minimum absolute atomic E-state index is 0.127. The molecular weight excluding hydrogens is 288 g/mol. The molecule has 0 radical (unpaired) electrons. The third-order valence-corrected chi connectivity index (χ3v) is 5.78. The molecule has 0 bridgehead atoms. The van der Waals surface area contributed by atoms with Crippen molar-refractivity contribution in [2.75, 3.05) is 26.3 Å². The Kier molecular flexibility index (Phi) is 5.02. The maximum Gasteiger partial charge on any atom is 0.227 e. The summed E-state index contributed by atoms with van der Waals surface area (Å²) >= 11 is 0. The van der Waals surface area contributed by atoms with Gasteiger partial charge in [-0.05, 0) is 43.1 Å². The zero-order valence-corrected chi connectivity index (χ0v) is 13.9. The lowest BCUT2D eigenvalue weighted by Gasteiger charge is -2.43. The fourth-order valence-corrected chi connectivity index (χ4v) is 3.86. The molecule has 4 heteroatoms. The van der Waals surface area contributed by atoms with Gasteiger partial charge in [-0.2, -0.15) is 0 Å². The van der Waals surface area contributed by atoms with E-state index in [9.17, 15) is 4.79 Å². The van der Waals surface area contributed by atoms with Crippen LogP contribution in [0.5, 0.6) is 0 Å². The Morgan fingerprint density at radius 1 is 1.13 bits per heavy atom. The van der Waals surface area contributed by atoms with Gasteiger partial charge in [-0.3, -0.25) is 4.79 Å². The van der Waals surface area contributed by atoms with Crippen molar-refractivity contribution < 1.29 is 9.53 Å². The molecule has 2 fully saturated rings. The van der Waals surface area contributed by atoms with E-state index in [1.807, 2.05) is 0 Å². The highest BCUT2D eigenvalue weighted by Gasteiger charge is 2.42. The number of hydrogen-bond donors (Lipinski definition) is 2. The lowest BCUT2D eigenvalue weighted by molar-refractivity contribution is -0.136. The molecule has 23 heavy (non-hydrogen) atoms. The van der Waals surface area contributed by atoms with Crippen LogP contribution in [0.15, 0.2) is 30.3 Å². The Bertz CT molecular complexity index is 519. The van der Waals surface area contributed by atoms with Gasteiger partial charge in [0.25, 0.3) is 0 Å². The van der Waals surface area contributed by atoms with Crippen LogP contribution in [0.25, 0.3) is 0 Å². The molecule has 4 nitrogen and oxygen atoms in total. The number of rotatable bonds is 6. The molecule has 0 unspecified atom stereocenters. The molecule has 1 aromatic rings. The second kappa shape index (κ2) is 7.02. The molecule has 0 spiro atoms. The summed E-state index contributed by atoms with van der Waals surface area (Å²) in [5.74, 6) is 0.127. The first-order chi connectivity index (χ1) is 11.2. The van der Waals surface area contributed by atoms with Crippen molar-refractivity contribution in [2.24, 2.45) is 16.6 Å². The van der Waals surface area contributed by atoms with E-state index in [1.165, 1.54) is 24.8 Å². The molecule has 2 aliphatic rings. The zero-order valence-electron chi connectivity index (χ0n) is 13.9. The van der Waals surface area contributed by atoms with Crippen molar-refractivity contribution in [1.29, 1.82) is 0 Å². The minimum atomic E-state index is -0.421. The van der Waals surface area contributed by atoms with E-state index in [0.717, 1.165) is 25.8 Å². The van der Waals surface area contributed by atoms with Crippen LogP contribution in [0.3, 0.4) is 0 Å². The van der Waals surface area contributed by atoms with Crippen molar-refractivity contribution in [3.63, 3.8) is 0 Å². The number of nitrogens with one attached hydrogen (secondary N) is 1. The maximum atomic E-state index is 12.7. The fraction of sp³-hybridized carbons (Fsp3) is 0.632. The van der Waals surface area contributed by atoms with Crippen LogP contribution in [-0.4, -0.2) is 32.2 Å². The highest BCUT2D eigenvalue weighted by molar-refractivity contribution is 5.83. The first kappa shape index (κ1) is 16.5. The van der Waals surface area contributed by atoms with Crippen molar-refractivity contribution in [3.05, 3.63) is 35.9 Å². The van der Waals surface area contributed by atoms with Crippen LogP contribution < -0.4 is 11.1 Å². The van der Waals surface area contributed by atoms with E-state index in [-0.39, 0.29) is 11.3 Å². The molecule has 1 aromatic carbocycles. The Morgan fingerprint density at radius 2 is 1.83 bits per heavy atom. The van der Waals surface area contributed by atoms with Crippen LogP contribution in [0, 0.1) is 10.8 Å². The van der Waals surface area contributed by atoms with Gasteiger partial charge in [0.1, 0.15) is 0 Å². The van der Waals surface area contributed by atoms with Crippen molar-refractivity contribution in [1.82, 2.24) is 5.32 Å². The first-order valence-corrected chi connectivity index (χ1v) is 8.78. The summed E-state index contributed by atoms with van der Waals surface area (Å²) in [6.07, 6.45) is 6.18. The first-order valence-electron chi connectivity index (χ1n) is 8.78. The third-order valence-electron chi connectivity index (χ3n) is 5.78. The Hall–Kier alpha value is -1.39. The second-order valence-electron chi connectivity index (χ2n) is 7.30. The monoisotopic (exact) mass is 316 g/mol. The van der Waals surface area contributed by atoms with Gasteiger partial charge in [0, 0.05) is 26.3 Å². The van der Waals surface area contributed by atoms with Gasteiger partial charge >= 0.3 is 0 Å². The molecule has 1 amide bonds. The highest BCUT2D eigenvalue weighted by atomic mass is 16.5. The van der Waals surface area contributed by atoms with Gasteiger partial charge < -0.3 is 15.8 Å². The molecule has 0 atom stereocenters. The molecule has 0 aromatic heterocycles. The van der Waals surface area contributed by atoms with Crippen LogP contribution in [0.1, 0.15) is 37.7 Å². The topological polar surface area (TPSA) is 64.4 Å². The predicted molar refractivity (Wildman–Crippen MR) is 91.0 cm³/mol. The highest BCUT2D eigenvalue weighted by Crippen LogP contribution is 2.43. The summed E-state index contributed by atoms with van der Waals surface area (Å²) in [6.45, 7) is 2.46. The van der Waals surface area contributed by atoms with E-state index in [1.54, 1.807) is 0 Å². The standard InChI is InChI=1S/C19H28N2O2/c20-14-19(9-11-23-12-10-19)17(22)21-15-18(7-4-8-18)13-16-5-2-1-3-6-16/h1-3,5-6H,4,7-15,20H2,(H,21,22). The van der Waals surface area contributed by atoms with Crippen molar-refractivity contribution in [2.45, 2.75) is 38.5 Å². The smallest absolute Gasteiger partial charge is 0.227 e. The summed E-state index contributed by atoms with van der Waals surface area (Å²) in [5.41, 5.74) is 7.11. The lowest BCUT2D eigenvalue weighted by Crippen LogP contribution is -2.52. The molecule has 3 rings (SSSR count). The predicted octanol–water partition coefficient (Wildman–Crippen LogP) is 2.27. The van der Waals surface area contributed by atoms with Gasteiger partial charge in [-0.1, -0.05) is 36.8 Å². The van der Waals surface area contributed by atoms with E-state index in [4.69, 9.17) is 10.5 Å². The minimum Gasteiger partial charge on any atom is -0.381 e. The van der Waals surface area contributed by atoms with Crippen LogP contribution in [-0.2, 0) is 16.0 Å². The summed E-state index contributed by atoms with van der Waals surface area (Å²) in [4.78, 5) is 12.7. The normalized spacial score (nSPS) is 22.1. The van der Waals surface area contributed by atoms with E-state index >= 15 is 0 Å². The Balaban J connectivity index is 1.60. The number of amides is 1. The number of ether oxygens (including phenoxy) is 1. The summed E-state index contributed by atoms with van der Waals surface area (Å²) < 4.78 is 5.40. The van der Waals surface area contributed by atoms with E-state index < -0.39 is 5.41 Å². The molecule has 1 aliphatic heterocycles. The number of carbonyl (C=O) groups excluding carboxylic acids is 1. The van der Waals surface area contributed by atoms with Gasteiger partial charge in [-0.15, -0.1) is 0 Å². The summed E-state index contributed by atoms with van der Waals surface area (Å²) in [6, 6.07) is 10.6. The van der Waals surface area contributed by atoms with E-state index in [2.05, 4.69) is 35.6 Å². The fourth-order valence-electron chi connectivity index (χ4n) is 3.86. The molecule has 1 aliphatic carbocycles. The van der Waals surface area contributed by atoms with Gasteiger partial charge in [-0.25, -0.2) is 0 Å². The lowest BCUT2D eigenvalue weighted by atomic mass is 9.65. The molecule has 126 valence electrons. The van der Waals surface area contributed by atoms with Crippen LogP contribution in [0.2, 0.25) is 0 Å². The van der Waals surface area contributed by atoms with E-state index in [0.29, 0.717) is 19.8 Å². The van der Waals surface area contributed by atoms with Gasteiger partial charge in [0.15, 0.2) is 0 Å². The maximum absolute atomic E-state index is 12.7. The second-order valence-corrected chi connectivity index (χ2v) is 7.30. The van der Waals surface area contributed by atoms with Crippen molar-refractivity contribution in [3.8, 4) is 0 Å². The molecule has 1 saturated heterocycles. The molecular formula is C19H28N2O2. The van der Waals surface area contributed by atoms with Crippen molar-refractivity contribution >= 4 is 5.91 Å². The largest absolute Gasteiger partial charge is 0.381 e. The average Bonchev–Trinajstić information content (AvgIpc) is 2.58. The summed E-state index contributed by atoms with van der Waals surface area (Å²) in [5, 5.41) is 3.23.